The second kappa shape index (κ2) is 31.8. The summed E-state index contributed by atoms with van der Waals surface area (Å²) in [4.78, 5) is 80.3. The van der Waals surface area contributed by atoms with Crippen LogP contribution in [-0.4, -0.2) is 135 Å². The predicted octanol–water partition coefficient (Wildman–Crippen LogP) is 3.56. The molecule has 22 heteroatoms. The number of nitrogens with zero attached hydrogens (tertiary/aromatic N) is 4. The summed E-state index contributed by atoms with van der Waals surface area (Å²) in [6, 6.07) is 6.05. The number of ether oxygens (including phenoxy) is 4. The molecule has 2 rings (SSSR count). The van der Waals surface area contributed by atoms with E-state index in [2.05, 4.69) is 24.8 Å². The minimum Gasteiger partial charge on any atom is -0.481 e. The van der Waals surface area contributed by atoms with Crippen LogP contribution in [0.3, 0.4) is 0 Å². The first kappa shape index (κ1) is 58.1. The van der Waals surface area contributed by atoms with Crippen LogP contribution in [0.15, 0.2) is 36.7 Å². The number of carboxylic acid groups (broad SMARTS) is 1. The third-order valence-corrected chi connectivity index (χ3v) is 7.08. The molecule has 0 bridgehead atoms. The normalized spacial score (nSPS) is 11.5. The van der Waals surface area contributed by atoms with Crippen LogP contribution < -0.4 is 21.3 Å². The van der Waals surface area contributed by atoms with Gasteiger partial charge in [-0.25, -0.2) is 24.4 Å². The van der Waals surface area contributed by atoms with Gasteiger partial charge in [0.25, 0.3) is 0 Å². The Kier molecular flexibility index (Phi) is 30.8. The SMILES string of the molecule is COC(=O)[C@@H](Cl)CO.COC(=O)[C@H](CO)NC(=O)CCCN(C(=O)OC(C)(C)C)c1cc(C)ccn1.Cc1ccnc(N(CCCC(=O)O)C(=O)OC(C)(C)C)c1.N.[3H][B][3H].[U]. The van der Waals surface area contributed by atoms with Gasteiger partial charge in [-0.15, -0.1) is 11.6 Å². The monoisotopic (exact) mass is 1100 g/mol. The first-order chi connectivity index (χ1) is 27.9. The Balaban J connectivity index is -0.000000435. The number of hydrogen-bond donors (Lipinski definition) is 5. The number of esters is 2. The molecule has 2 aromatic heterocycles. The minimum atomic E-state index is -1.11. The zero-order valence-electron chi connectivity index (χ0n) is 38.2. The second-order valence-corrected chi connectivity index (χ2v) is 14.8. The van der Waals surface area contributed by atoms with Crippen LogP contribution in [0.4, 0.5) is 21.2 Å². The molecule has 2 heterocycles. The van der Waals surface area contributed by atoms with Crippen molar-refractivity contribution in [1.29, 1.82) is 2.67 Å². The third-order valence-electron chi connectivity index (χ3n) is 6.76. The second-order valence-electron chi connectivity index (χ2n) is 14.2. The molecule has 0 aromatic carbocycles. The fraction of sp³-hybridized carbons (Fsp3) is 0.579. The summed E-state index contributed by atoms with van der Waals surface area (Å²) in [7, 11) is 2.89. The molecule has 2 aromatic rings. The maximum atomic E-state index is 12.6. The molecule has 0 aliphatic carbocycles. The number of halogens is 1. The largest absolute Gasteiger partial charge is 0.481 e. The summed E-state index contributed by atoms with van der Waals surface area (Å²) in [6.45, 7) is 13.9. The van der Waals surface area contributed by atoms with Crippen molar-refractivity contribution in [2.24, 2.45) is 0 Å². The van der Waals surface area contributed by atoms with Crippen LogP contribution in [-0.2, 0) is 38.1 Å². The zero-order chi connectivity index (χ0) is 46.6. The molecule has 0 saturated carbocycles. The van der Waals surface area contributed by atoms with Gasteiger partial charge in [0, 0.05) is 69.4 Å². The van der Waals surface area contributed by atoms with Crippen molar-refractivity contribution in [1.82, 2.24) is 21.4 Å². The maximum absolute atomic E-state index is 12.6. The van der Waals surface area contributed by atoms with E-state index >= 15 is 0 Å². The van der Waals surface area contributed by atoms with Crippen molar-refractivity contribution in [2.45, 2.75) is 104 Å². The Morgan fingerprint density at radius 1 is 0.800 bits per heavy atom. The zero-order valence-corrected chi connectivity index (χ0v) is 41.1. The van der Waals surface area contributed by atoms with Gasteiger partial charge in [-0.3, -0.25) is 24.2 Å². The number of aliphatic hydroxyl groups is 2. The molecule has 0 aliphatic rings. The maximum Gasteiger partial charge on any atom is 0.416 e. The Labute approximate surface area is 385 Å². The fourth-order valence-electron chi connectivity index (χ4n) is 4.14. The third kappa shape index (κ3) is 27.7. The Bertz CT molecular complexity index is 1640. The van der Waals surface area contributed by atoms with Gasteiger partial charge >= 0.3 is 30.1 Å². The molecule has 7 N–H and O–H groups in total. The summed E-state index contributed by atoms with van der Waals surface area (Å²) >= 11 is 5.19. The van der Waals surface area contributed by atoms with Crippen molar-refractivity contribution >= 4 is 67.6 Å². The smallest absolute Gasteiger partial charge is 0.416 e. The molecule has 337 valence electrons. The number of nitrogens with one attached hydrogen (secondary N) is 1. The van der Waals surface area contributed by atoms with Gasteiger partial charge in [0.2, 0.25) is 5.91 Å². The molecule has 0 aliphatic heterocycles. The van der Waals surface area contributed by atoms with E-state index in [1.165, 1.54) is 24.0 Å². The van der Waals surface area contributed by atoms with E-state index in [9.17, 15) is 28.8 Å². The van der Waals surface area contributed by atoms with Crippen molar-refractivity contribution in [2.75, 3.05) is 50.3 Å². The molecule has 19 nitrogen and oxygen atoms in total. The molecule has 0 unspecified atom stereocenters. The van der Waals surface area contributed by atoms with Crippen LogP contribution in [0.25, 0.3) is 0 Å². The van der Waals surface area contributed by atoms with Crippen molar-refractivity contribution in [3.05, 3.63) is 47.8 Å². The molecule has 0 saturated heterocycles. The Morgan fingerprint density at radius 3 is 1.50 bits per heavy atom. The van der Waals surface area contributed by atoms with Gasteiger partial charge < -0.3 is 45.7 Å². The molecule has 1 radical (unpaired) electrons. The minimum absolute atomic E-state index is 0. The number of carboxylic acids is 1. The van der Waals surface area contributed by atoms with E-state index < -0.39 is 65.2 Å². The molecule has 2 atom stereocenters. The number of carbonyl (C=O) groups excluding carboxylic acids is 5. The average molecular weight is 1100 g/mol. The topological polar surface area (TPSA) is 279 Å². The van der Waals surface area contributed by atoms with E-state index in [1.807, 2.05) is 26.0 Å². The van der Waals surface area contributed by atoms with Gasteiger partial charge in [-0.1, -0.05) is 0 Å². The van der Waals surface area contributed by atoms with E-state index in [1.54, 1.807) is 66.1 Å². The molecular formula is C38H63BClN6O13U. The number of amides is 3. The van der Waals surface area contributed by atoms with Crippen LogP contribution in [0.2, 0.25) is 0 Å². The number of alkyl halides is 1. The fourth-order valence-corrected chi connectivity index (χ4v) is 4.23. The van der Waals surface area contributed by atoms with Crippen LogP contribution >= 0.6 is 11.6 Å². The number of aliphatic carboxylic acids is 1. The number of anilines is 2. The summed E-state index contributed by atoms with van der Waals surface area (Å²) in [6.07, 6.45) is 2.80. The number of rotatable bonds is 15. The van der Waals surface area contributed by atoms with Gasteiger partial charge in [0.1, 0.15) is 22.8 Å². The van der Waals surface area contributed by atoms with Crippen molar-refractivity contribution in [3.63, 3.8) is 0 Å². The predicted molar refractivity (Wildman–Crippen MR) is 225 cm³/mol. The van der Waals surface area contributed by atoms with E-state index in [0.29, 0.717) is 32.8 Å². The molecule has 0 spiro atoms. The molecular weight excluding hydrogens is 1030 g/mol. The van der Waals surface area contributed by atoms with Gasteiger partial charge in [0.05, 0.1) is 35.8 Å². The van der Waals surface area contributed by atoms with Gasteiger partial charge in [-0.05, 0) is 106 Å². The molecule has 0 fully saturated rings. The Hall–Kier alpha value is -3.99. The Morgan fingerprint density at radius 2 is 1.20 bits per heavy atom. The summed E-state index contributed by atoms with van der Waals surface area (Å²) in [5, 5.41) is 27.5. The summed E-state index contributed by atoms with van der Waals surface area (Å²) < 4.78 is 31.0. The van der Waals surface area contributed by atoms with Gasteiger partial charge in [-0.2, -0.15) is 0 Å². The number of methoxy groups -OCH3 is 2. The standard InChI is InChI=1S/C19H29N3O6.C15H22N2O4.C4H7ClO3.BH2.H3N.U/c1-13-8-9-20-15(11-13)22(18(26)28-19(2,3)4)10-6-7-16(24)21-14(12-23)17(25)27-5;1-11-7-8-16-12(10-11)17(9-5-6-13(18)19)14(20)21-15(2,3)4;1-8-4(7)3(5)2-6;;;/h8-9,11,14,23H,6-7,10,12H2,1-5H3,(H,21,24);7-8,10H,5-6,9H2,1-4H3,(H,18,19);3,6H,2H2,1H3;1H2;1H3;/t14-;;3-;;;/m0.0.../s1/i;;;1T2;;. The van der Waals surface area contributed by atoms with Gasteiger partial charge in [0.15, 0.2) is 11.4 Å². The number of pyridine rings is 2. The number of aryl methyl sites for hydroxylation is 2. The first-order valence-electron chi connectivity index (χ1n) is 19.0. The molecule has 3 amide bonds. The number of hydrogen-bond acceptors (Lipinski definition) is 15. The average Bonchev–Trinajstić information content (AvgIpc) is 3.15. The van der Waals surface area contributed by atoms with Crippen LogP contribution in [0.1, 0.15) is 78.4 Å². The molecule has 60 heavy (non-hydrogen) atoms. The van der Waals surface area contributed by atoms with Crippen molar-refractivity contribution < 1.29 is 94.1 Å². The van der Waals surface area contributed by atoms with Crippen LogP contribution in [0.5, 0.6) is 0 Å². The summed E-state index contributed by atoms with van der Waals surface area (Å²) in [5.74, 6) is -1.77. The summed E-state index contributed by atoms with van der Waals surface area (Å²) in [5.41, 5.74) is 0.601. The van der Waals surface area contributed by atoms with Crippen molar-refractivity contribution in [3.8, 4) is 0 Å². The number of aliphatic hydroxyl groups excluding tert-OH is 2. The van der Waals surface area contributed by atoms with E-state index in [-0.39, 0.29) is 69.8 Å². The van der Waals surface area contributed by atoms with E-state index in [0.717, 1.165) is 11.1 Å². The quantitative estimate of drug-likeness (QED) is 0.0738. The van der Waals surface area contributed by atoms with Crippen LogP contribution in [0, 0.1) is 45.0 Å². The van der Waals surface area contributed by atoms with E-state index in [4.69, 9.17) is 39.1 Å². The number of carbonyl (C=O) groups is 6. The first-order valence-corrected chi connectivity index (χ1v) is 18.3. The number of aromatic nitrogens is 2.